The first-order valence-electron chi connectivity index (χ1n) is 6.92. The lowest BCUT2D eigenvalue weighted by molar-refractivity contribution is -0.132. The Morgan fingerprint density at radius 1 is 1.18 bits per heavy atom. The Morgan fingerprint density at radius 3 is 2.23 bits per heavy atom. The molecule has 6 nitrogen and oxygen atoms in total. The van der Waals surface area contributed by atoms with Crippen LogP contribution < -0.4 is 19.5 Å². The lowest BCUT2D eigenvalue weighted by atomic mass is 10.1. The van der Waals surface area contributed by atoms with E-state index < -0.39 is 5.97 Å². The molecule has 1 rings (SSSR count). The Morgan fingerprint density at radius 2 is 1.77 bits per heavy atom. The highest BCUT2D eigenvalue weighted by Gasteiger charge is 2.15. The van der Waals surface area contributed by atoms with E-state index in [-0.39, 0.29) is 11.7 Å². The lowest BCUT2D eigenvalue weighted by Gasteiger charge is -2.13. The van der Waals surface area contributed by atoms with Gasteiger partial charge >= 0.3 is 5.97 Å². The highest BCUT2D eigenvalue weighted by Crippen LogP contribution is 2.39. The summed E-state index contributed by atoms with van der Waals surface area (Å²) in [5.41, 5.74) is 0.691. The first-order valence-corrected chi connectivity index (χ1v) is 6.92. The Bertz CT molecular complexity index is 541. The van der Waals surface area contributed by atoms with Crippen LogP contribution in [0.25, 0.3) is 6.08 Å². The van der Waals surface area contributed by atoms with Gasteiger partial charge in [0, 0.05) is 19.5 Å². The second-order valence-corrected chi connectivity index (χ2v) is 4.47. The predicted molar refractivity (Wildman–Crippen MR) is 83.2 cm³/mol. The van der Waals surface area contributed by atoms with Gasteiger partial charge in [-0.2, -0.15) is 0 Å². The molecule has 0 aliphatic carbocycles. The van der Waals surface area contributed by atoms with Crippen LogP contribution in [0.3, 0.4) is 0 Å². The molecule has 0 fully saturated rings. The molecule has 1 N–H and O–H groups in total. The maximum Gasteiger partial charge on any atom is 0.308 e. The maximum absolute atomic E-state index is 11.6. The summed E-state index contributed by atoms with van der Waals surface area (Å²) in [5.74, 6) is 0.263. The van der Waals surface area contributed by atoms with Crippen molar-refractivity contribution in [2.75, 3.05) is 20.8 Å². The third kappa shape index (κ3) is 5.12. The number of hydrogen-bond acceptors (Lipinski definition) is 5. The van der Waals surface area contributed by atoms with Crippen LogP contribution in [0.4, 0.5) is 0 Å². The third-order valence-corrected chi connectivity index (χ3v) is 2.71. The first kappa shape index (κ1) is 17.6. The summed E-state index contributed by atoms with van der Waals surface area (Å²) in [6, 6.07) is 3.31. The normalized spacial score (nSPS) is 10.4. The molecule has 0 radical (unpaired) electrons. The molecule has 120 valence electrons. The van der Waals surface area contributed by atoms with Gasteiger partial charge in [0.25, 0.3) is 0 Å². The van der Waals surface area contributed by atoms with E-state index in [4.69, 9.17) is 14.2 Å². The largest absolute Gasteiger partial charge is 0.493 e. The monoisotopic (exact) mass is 307 g/mol. The molecule has 0 heterocycles. The van der Waals surface area contributed by atoms with Crippen LogP contribution in [0.5, 0.6) is 17.2 Å². The topological polar surface area (TPSA) is 73.9 Å². The molecule has 1 aromatic carbocycles. The van der Waals surface area contributed by atoms with Crippen molar-refractivity contribution in [2.45, 2.75) is 20.3 Å². The van der Waals surface area contributed by atoms with Crippen molar-refractivity contribution in [1.82, 2.24) is 5.32 Å². The standard InChI is InChI=1S/C16H21NO5/c1-5-8-17-15(19)7-6-12-9-13(20-3)16(22-11(2)18)14(10-12)21-4/h6-7,9-10H,5,8H2,1-4H3,(H,17,19). The van der Waals surface area contributed by atoms with Crippen molar-refractivity contribution in [3.05, 3.63) is 23.8 Å². The maximum atomic E-state index is 11.6. The second kappa shape index (κ2) is 8.71. The van der Waals surface area contributed by atoms with E-state index in [2.05, 4.69) is 5.32 Å². The number of methoxy groups -OCH3 is 2. The fourth-order valence-corrected chi connectivity index (χ4v) is 1.72. The van der Waals surface area contributed by atoms with E-state index in [0.717, 1.165) is 6.42 Å². The average Bonchev–Trinajstić information content (AvgIpc) is 2.50. The van der Waals surface area contributed by atoms with Crippen molar-refractivity contribution in [1.29, 1.82) is 0 Å². The van der Waals surface area contributed by atoms with E-state index >= 15 is 0 Å². The number of benzene rings is 1. The quantitative estimate of drug-likeness (QED) is 0.475. The Balaban J connectivity index is 3.05. The third-order valence-electron chi connectivity index (χ3n) is 2.71. The zero-order chi connectivity index (χ0) is 16.5. The number of nitrogens with one attached hydrogen (secondary N) is 1. The molecule has 0 saturated carbocycles. The minimum atomic E-state index is -0.473. The van der Waals surface area contributed by atoms with Crippen LogP contribution in [0.2, 0.25) is 0 Å². The molecule has 0 saturated heterocycles. The summed E-state index contributed by atoms with van der Waals surface area (Å²) in [6.07, 6.45) is 3.93. The van der Waals surface area contributed by atoms with Crippen LogP contribution in [0.15, 0.2) is 18.2 Å². The number of carbonyl (C=O) groups excluding carboxylic acids is 2. The Labute approximate surface area is 130 Å². The van der Waals surface area contributed by atoms with Gasteiger partial charge in [-0.3, -0.25) is 9.59 Å². The smallest absolute Gasteiger partial charge is 0.308 e. The molecule has 0 atom stereocenters. The SMILES string of the molecule is CCCNC(=O)C=Cc1cc(OC)c(OC(C)=O)c(OC)c1. The molecular weight excluding hydrogens is 286 g/mol. The summed E-state index contributed by atoms with van der Waals surface area (Å²) in [4.78, 5) is 22.7. The van der Waals surface area contributed by atoms with Gasteiger partial charge < -0.3 is 19.5 Å². The number of amides is 1. The minimum absolute atomic E-state index is 0.177. The van der Waals surface area contributed by atoms with Gasteiger partial charge in [0.2, 0.25) is 11.7 Å². The van der Waals surface area contributed by atoms with Gasteiger partial charge in [-0.25, -0.2) is 0 Å². The highest BCUT2D eigenvalue weighted by atomic mass is 16.6. The zero-order valence-corrected chi connectivity index (χ0v) is 13.3. The van der Waals surface area contributed by atoms with E-state index in [1.54, 1.807) is 18.2 Å². The van der Waals surface area contributed by atoms with Crippen LogP contribution in [-0.2, 0) is 9.59 Å². The van der Waals surface area contributed by atoms with Gasteiger partial charge in [-0.15, -0.1) is 0 Å². The summed E-state index contributed by atoms with van der Waals surface area (Å²) in [6.45, 7) is 3.90. The molecular formula is C16H21NO5. The molecule has 0 bridgehead atoms. The number of carbonyl (C=O) groups is 2. The van der Waals surface area contributed by atoms with E-state index in [1.165, 1.54) is 27.2 Å². The summed E-state index contributed by atoms with van der Waals surface area (Å²) < 4.78 is 15.5. The van der Waals surface area contributed by atoms with Crippen LogP contribution in [-0.4, -0.2) is 32.6 Å². The van der Waals surface area contributed by atoms with E-state index in [0.29, 0.717) is 23.6 Å². The predicted octanol–water partition coefficient (Wildman–Crippen LogP) is 2.17. The number of hydrogen-bond donors (Lipinski definition) is 1. The molecule has 0 unspecified atom stereocenters. The van der Waals surface area contributed by atoms with Crippen molar-refractivity contribution in [2.24, 2.45) is 0 Å². The minimum Gasteiger partial charge on any atom is -0.493 e. The van der Waals surface area contributed by atoms with Gasteiger partial charge in [0.1, 0.15) is 0 Å². The average molecular weight is 307 g/mol. The van der Waals surface area contributed by atoms with Gasteiger partial charge in [-0.05, 0) is 30.2 Å². The summed E-state index contributed by atoms with van der Waals surface area (Å²) in [5, 5.41) is 2.74. The second-order valence-electron chi connectivity index (χ2n) is 4.47. The molecule has 6 heteroatoms. The fraction of sp³-hybridized carbons (Fsp3) is 0.375. The first-order chi connectivity index (χ1) is 10.5. The lowest BCUT2D eigenvalue weighted by Crippen LogP contribution is -2.21. The van der Waals surface area contributed by atoms with Gasteiger partial charge in [-0.1, -0.05) is 6.92 Å². The van der Waals surface area contributed by atoms with Crippen molar-refractivity contribution in [3.63, 3.8) is 0 Å². The Kier molecular flexibility index (Phi) is 6.95. The van der Waals surface area contributed by atoms with Crippen LogP contribution in [0, 0.1) is 0 Å². The molecule has 0 spiro atoms. The molecule has 1 amide bonds. The number of ether oxygens (including phenoxy) is 3. The van der Waals surface area contributed by atoms with Crippen LogP contribution >= 0.6 is 0 Å². The molecule has 0 aliphatic heterocycles. The van der Waals surface area contributed by atoms with E-state index in [9.17, 15) is 9.59 Å². The van der Waals surface area contributed by atoms with Crippen molar-refractivity contribution in [3.8, 4) is 17.2 Å². The molecule has 0 aliphatic rings. The number of esters is 1. The van der Waals surface area contributed by atoms with Crippen molar-refractivity contribution < 1.29 is 23.8 Å². The summed E-state index contributed by atoms with van der Waals surface area (Å²) in [7, 11) is 2.92. The zero-order valence-electron chi connectivity index (χ0n) is 13.3. The molecule has 1 aromatic rings. The van der Waals surface area contributed by atoms with Crippen molar-refractivity contribution >= 4 is 18.0 Å². The Hall–Kier alpha value is -2.50. The summed E-state index contributed by atoms with van der Waals surface area (Å²) >= 11 is 0. The highest BCUT2D eigenvalue weighted by molar-refractivity contribution is 5.91. The van der Waals surface area contributed by atoms with E-state index in [1.807, 2.05) is 6.92 Å². The fourth-order valence-electron chi connectivity index (χ4n) is 1.72. The van der Waals surface area contributed by atoms with Gasteiger partial charge in [0.15, 0.2) is 11.5 Å². The van der Waals surface area contributed by atoms with Gasteiger partial charge in [0.05, 0.1) is 14.2 Å². The molecule has 22 heavy (non-hydrogen) atoms. The molecule has 0 aromatic heterocycles. The number of rotatable bonds is 7. The van der Waals surface area contributed by atoms with Crippen LogP contribution in [0.1, 0.15) is 25.8 Å².